The van der Waals surface area contributed by atoms with Crippen LogP contribution in [0.15, 0.2) is 17.3 Å². The zero-order valence-electron chi connectivity index (χ0n) is 9.12. The highest BCUT2D eigenvalue weighted by molar-refractivity contribution is 7.89. The SMILES string of the molecule is CNC1CN(S(=O)(=O)c2cnn(C)c2)C1.Cl. The minimum atomic E-state index is -3.31. The van der Waals surface area contributed by atoms with Crippen molar-refractivity contribution in [2.24, 2.45) is 7.05 Å². The van der Waals surface area contributed by atoms with E-state index >= 15 is 0 Å². The van der Waals surface area contributed by atoms with Crippen LogP contribution in [0, 0.1) is 0 Å². The van der Waals surface area contributed by atoms with Gasteiger partial charge in [-0.15, -0.1) is 12.4 Å². The van der Waals surface area contributed by atoms with Crippen LogP contribution in [0.5, 0.6) is 0 Å². The maximum Gasteiger partial charge on any atom is 0.246 e. The molecular weight excluding hydrogens is 252 g/mol. The number of likely N-dealkylation sites (N-methyl/N-ethyl adjacent to an activating group) is 1. The van der Waals surface area contributed by atoms with Gasteiger partial charge in [0.2, 0.25) is 10.0 Å². The Balaban J connectivity index is 0.00000128. The molecule has 6 nitrogen and oxygen atoms in total. The summed E-state index contributed by atoms with van der Waals surface area (Å²) in [5.41, 5.74) is 0. The van der Waals surface area contributed by atoms with E-state index in [1.165, 1.54) is 21.4 Å². The van der Waals surface area contributed by atoms with Crippen molar-refractivity contribution in [1.29, 1.82) is 0 Å². The molecular formula is C8H15ClN4O2S. The lowest BCUT2D eigenvalue weighted by molar-refractivity contribution is 0.237. The van der Waals surface area contributed by atoms with Crippen molar-refractivity contribution < 1.29 is 8.42 Å². The number of aryl methyl sites for hydroxylation is 1. The molecule has 2 rings (SSSR count). The number of halogens is 1. The normalized spacial score (nSPS) is 17.9. The molecule has 0 spiro atoms. The highest BCUT2D eigenvalue weighted by atomic mass is 35.5. The van der Waals surface area contributed by atoms with Gasteiger partial charge in [-0.2, -0.15) is 9.40 Å². The van der Waals surface area contributed by atoms with Gasteiger partial charge in [-0.05, 0) is 7.05 Å². The van der Waals surface area contributed by atoms with Crippen LogP contribution in [-0.2, 0) is 17.1 Å². The first-order valence-corrected chi connectivity index (χ1v) is 6.14. The van der Waals surface area contributed by atoms with E-state index in [1.54, 1.807) is 7.05 Å². The summed E-state index contributed by atoms with van der Waals surface area (Å²) in [6.45, 7) is 1.07. The van der Waals surface area contributed by atoms with Crippen molar-refractivity contribution in [3.8, 4) is 0 Å². The molecule has 1 saturated heterocycles. The molecule has 1 aromatic rings. The maximum atomic E-state index is 11.9. The molecule has 0 atom stereocenters. The van der Waals surface area contributed by atoms with Gasteiger partial charge in [0.15, 0.2) is 0 Å². The van der Waals surface area contributed by atoms with E-state index in [9.17, 15) is 8.42 Å². The second kappa shape index (κ2) is 4.70. The van der Waals surface area contributed by atoms with Crippen LogP contribution in [0.1, 0.15) is 0 Å². The first-order chi connectivity index (χ1) is 7.04. The molecule has 0 radical (unpaired) electrons. The lowest BCUT2D eigenvalue weighted by Gasteiger charge is -2.37. The number of hydrogen-bond donors (Lipinski definition) is 1. The van der Waals surface area contributed by atoms with Crippen molar-refractivity contribution in [2.75, 3.05) is 20.1 Å². The summed E-state index contributed by atoms with van der Waals surface area (Å²) in [7, 11) is 0.218. The molecule has 1 aromatic heterocycles. The Morgan fingerprint density at radius 3 is 2.56 bits per heavy atom. The number of rotatable bonds is 3. The van der Waals surface area contributed by atoms with Gasteiger partial charge < -0.3 is 5.32 Å². The Bertz CT molecular complexity index is 452. The van der Waals surface area contributed by atoms with Crippen LogP contribution in [0.25, 0.3) is 0 Å². The Kier molecular flexibility index (Phi) is 3.95. The predicted octanol–water partition coefficient (Wildman–Crippen LogP) is -0.566. The fourth-order valence-electron chi connectivity index (χ4n) is 1.50. The fourth-order valence-corrected chi connectivity index (χ4v) is 3.01. The van der Waals surface area contributed by atoms with Gasteiger partial charge in [0.1, 0.15) is 4.90 Å². The first kappa shape index (κ1) is 13.4. The summed E-state index contributed by atoms with van der Waals surface area (Å²) < 4.78 is 26.8. The number of nitrogens with one attached hydrogen (secondary N) is 1. The van der Waals surface area contributed by atoms with E-state index in [4.69, 9.17) is 0 Å². The highest BCUT2D eigenvalue weighted by Gasteiger charge is 2.36. The Labute approximate surface area is 101 Å². The molecule has 1 N–H and O–H groups in total. The molecule has 1 fully saturated rings. The Hall–Kier alpha value is -0.630. The number of hydrogen-bond acceptors (Lipinski definition) is 4. The Morgan fingerprint density at radius 1 is 1.50 bits per heavy atom. The smallest absolute Gasteiger partial charge is 0.246 e. The maximum absolute atomic E-state index is 11.9. The molecule has 92 valence electrons. The average molecular weight is 267 g/mol. The molecule has 8 heteroatoms. The molecule has 0 bridgehead atoms. The molecule has 1 aliphatic heterocycles. The van der Waals surface area contributed by atoms with Crippen LogP contribution in [0.2, 0.25) is 0 Å². The average Bonchev–Trinajstić information content (AvgIpc) is 2.50. The summed E-state index contributed by atoms with van der Waals surface area (Å²) >= 11 is 0. The van der Waals surface area contributed by atoms with Crippen LogP contribution in [0.3, 0.4) is 0 Å². The van der Waals surface area contributed by atoms with Crippen LogP contribution in [-0.4, -0.2) is 48.7 Å². The van der Waals surface area contributed by atoms with Gasteiger partial charge in [0, 0.05) is 32.4 Å². The van der Waals surface area contributed by atoms with Gasteiger partial charge >= 0.3 is 0 Å². The van der Waals surface area contributed by atoms with Crippen molar-refractivity contribution in [3.05, 3.63) is 12.4 Å². The third-order valence-corrected chi connectivity index (χ3v) is 4.36. The molecule has 2 heterocycles. The van der Waals surface area contributed by atoms with Crippen molar-refractivity contribution >= 4 is 22.4 Å². The fraction of sp³-hybridized carbons (Fsp3) is 0.625. The van der Waals surface area contributed by atoms with E-state index in [0.717, 1.165) is 0 Å². The monoisotopic (exact) mass is 266 g/mol. The summed E-state index contributed by atoms with van der Waals surface area (Å²) in [6, 6.07) is 0.274. The summed E-state index contributed by atoms with van der Waals surface area (Å²) in [5, 5.41) is 6.89. The van der Waals surface area contributed by atoms with E-state index in [1.807, 2.05) is 7.05 Å². The molecule has 0 unspecified atom stereocenters. The molecule has 0 aromatic carbocycles. The molecule has 0 aliphatic carbocycles. The van der Waals surface area contributed by atoms with Crippen LogP contribution in [0.4, 0.5) is 0 Å². The second-order valence-electron chi connectivity index (χ2n) is 3.66. The molecule has 0 saturated carbocycles. The summed E-state index contributed by atoms with van der Waals surface area (Å²) in [5.74, 6) is 0. The minimum absolute atomic E-state index is 0. The number of nitrogens with zero attached hydrogens (tertiary/aromatic N) is 3. The summed E-state index contributed by atoms with van der Waals surface area (Å²) in [4.78, 5) is 0.263. The quantitative estimate of drug-likeness (QED) is 0.796. The topological polar surface area (TPSA) is 67.2 Å². The van der Waals surface area contributed by atoms with Crippen LogP contribution < -0.4 is 5.32 Å². The summed E-state index contributed by atoms with van der Waals surface area (Å²) in [6.07, 6.45) is 2.89. The Morgan fingerprint density at radius 2 is 2.12 bits per heavy atom. The zero-order chi connectivity index (χ0) is 11.1. The minimum Gasteiger partial charge on any atom is -0.314 e. The van der Waals surface area contributed by atoms with Gasteiger partial charge in [-0.3, -0.25) is 4.68 Å². The van der Waals surface area contributed by atoms with Gasteiger partial charge in [0.25, 0.3) is 0 Å². The van der Waals surface area contributed by atoms with E-state index in [-0.39, 0.29) is 23.3 Å². The number of sulfonamides is 1. The third kappa shape index (κ3) is 2.22. The van der Waals surface area contributed by atoms with E-state index in [2.05, 4.69) is 10.4 Å². The standard InChI is InChI=1S/C8H14N4O2S.ClH/c1-9-7-4-12(5-7)15(13,14)8-3-10-11(2)6-8;/h3,6-7,9H,4-5H2,1-2H3;1H. The zero-order valence-corrected chi connectivity index (χ0v) is 10.8. The van der Waals surface area contributed by atoms with Gasteiger partial charge in [0.05, 0.1) is 6.20 Å². The molecule has 16 heavy (non-hydrogen) atoms. The lowest BCUT2D eigenvalue weighted by atomic mass is 10.2. The highest BCUT2D eigenvalue weighted by Crippen LogP contribution is 2.20. The van der Waals surface area contributed by atoms with Crippen molar-refractivity contribution in [3.63, 3.8) is 0 Å². The molecule has 1 aliphatic rings. The number of aromatic nitrogens is 2. The van der Waals surface area contributed by atoms with E-state index in [0.29, 0.717) is 13.1 Å². The van der Waals surface area contributed by atoms with Gasteiger partial charge in [-0.1, -0.05) is 0 Å². The van der Waals surface area contributed by atoms with E-state index < -0.39 is 10.0 Å². The van der Waals surface area contributed by atoms with Gasteiger partial charge in [-0.25, -0.2) is 8.42 Å². The lowest BCUT2D eigenvalue weighted by Crippen LogP contribution is -2.58. The third-order valence-electron chi connectivity index (χ3n) is 2.58. The predicted molar refractivity (Wildman–Crippen MR) is 62.1 cm³/mol. The second-order valence-corrected chi connectivity index (χ2v) is 5.60. The van der Waals surface area contributed by atoms with Crippen molar-refractivity contribution in [2.45, 2.75) is 10.9 Å². The first-order valence-electron chi connectivity index (χ1n) is 4.70. The van der Waals surface area contributed by atoms with Crippen molar-refractivity contribution in [1.82, 2.24) is 19.4 Å². The van der Waals surface area contributed by atoms with Crippen LogP contribution >= 0.6 is 12.4 Å². The molecule has 0 amide bonds. The largest absolute Gasteiger partial charge is 0.314 e.